The molecule has 0 aromatic heterocycles. The van der Waals surface area contributed by atoms with Crippen LogP contribution in [0.3, 0.4) is 0 Å². The van der Waals surface area contributed by atoms with Crippen molar-refractivity contribution in [2.24, 2.45) is 10.8 Å². The largest absolute Gasteiger partial charge is 0.508 e. The minimum absolute atomic E-state index is 0.0349. The second-order valence-corrected chi connectivity index (χ2v) is 23.1. The number of anilines is 4. The summed E-state index contributed by atoms with van der Waals surface area (Å²) in [6, 6.07) is 21.3. The zero-order valence-corrected chi connectivity index (χ0v) is 44.6. The predicted molar refractivity (Wildman–Crippen MR) is 275 cm³/mol. The number of hydrogen-bond donors (Lipinski definition) is 1. The molecule has 69 heavy (non-hydrogen) atoms. The predicted octanol–water partition coefficient (Wildman–Crippen LogP) is 10.7. The molecule has 0 aliphatic carbocycles. The summed E-state index contributed by atoms with van der Waals surface area (Å²) in [7, 11) is -3.13. The van der Waals surface area contributed by atoms with Crippen molar-refractivity contribution in [3.05, 3.63) is 72.8 Å². The standard InChI is InChI=1S/C26H35NO6S2.C25H33NO6S2/c1-6-8-13-26(7-2)17-27(19-9-11-20(31-3)12-10-19)21-14-23(34-5)22(33-16-25(28)32-4)15-24(21)35(29,30)18-26;1-5-7-12-25(6-2)16-26(18-8-10-19(27)11-9-18)20-13-22(33-4)21(32-15-24(28)31-3)14-23(20)34(29,30)17-25/h9-12,14-15H,6-8,13,16-18H2,1-5H3;8-11,13-14,27H,5-7,12,15-17H2,1-4H3. The van der Waals surface area contributed by atoms with Crippen LogP contribution >= 0.6 is 23.5 Å². The highest BCUT2D eigenvalue weighted by Gasteiger charge is 2.43. The molecular weight excluding hydrogens is 961 g/mol. The SMILES string of the molecule is CCCCC1(CC)CN(c2ccc(O)cc2)c2cc(SC)c(OCC(=O)OC)cc2S(=O)(=O)C1.CCCCC1(CC)CN(c2ccc(OC)cc2)c2cc(SC)c(OCC(=O)OC)cc2S(=O)(=O)C1. The van der Waals surface area contributed by atoms with Crippen molar-refractivity contribution in [1.29, 1.82) is 0 Å². The van der Waals surface area contributed by atoms with E-state index in [0.717, 1.165) is 78.3 Å². The van der Waals surface area contributed by atoms with E-state index in [4.69, 9.17) is 14.2 Å². The van der Waals surface area contributed by atoms with Crippen molar-refractivity contribution in [3.8, 4) is 23.0 Å². The highest BCUT2D eigenvalue weighted by molar-refractivity contribution is 7.99. The van der Waals surface area contributed by atoms with Crippen LogP contribution in [0, 0.1) is 10.8 Å². The highest BCUT2D eigenvalue weighted by atomic mass is 32.2. The van der Waals surface area contributed by atoms with E-state index in [9.17, 15) is 31.5 Å². The first-order chi connectivity index (χ1) is 32.9. The number of rotatable bonds is 19. The number of benzene rings is 4. The van der Waals surface area contributed by atoms with Crippen LogP contribution < -0.4 is 24.0 Å². The number of fused-ring (bicyclic) bond motifs is 2. The number of thioether (sulfide) groups is 2. The molecule has 378 valence electrons. The Labute approximate surface area is 417 Å². The normalized spacial score (nSPS) is 19.1. The Morgan fingerprint density at radius 1 is 0.623 bits per heavy atom. The molecule has 0 bridgehead atoms. The van der Waals surface area contributed by atoms with Gasteiger partial charge in [0.1, 0.15) is 23.0 Å². The van der Waals surface area contributed by atoms with Gasteiger partial charge in [-0.05, 0) is 98.9 Å². The number of carbonyl (C=O) groups excluding carboxylic acids is 2. The van der Waals surface area contributed by atoms with Gasteiger partial charge in [0.2, 0.25) is 0 Å². The fourth-order valence-electron chi connectivity index (χ4n) is 8.85. The molecule has 2 aliphatic rings. The first-order valence-corrected chi connectivity index (χ1v) is 28.9. The Bertz CT molecular complexity index is 2610. The van der Waals surface area contributed by atoms with Crippen LogP contribution in [-0.2, 0) is 38.7 Å². The van der Waals surface area contributed by atoms with Crippen molar-refractivity contribution < 1.29 is 55.2 Å². The number of unbranched alkanes of at least 4 members (excludes halogenated alkanes) is 2. The maximum atomic E-state index is 13.9. The Hall–Kier alpha value is -4.78. The van der Waals surface area contributed by atoms with Crippen LogP contribution in [0.2, 0.25) is 0 Å². The Kier molecular flexibility index (Phi) is 19.5. The Morgan fingerprint density at radius 3 is 1.35 bits per heavy atom. The molecule has 6 rings (SSSR count). The van der Waals surface area contributed by atoms with E-state index in [-0.39, 0.29) is 40.3 Å². The molecule has 4 aromatic rings. The number of esters is 2. The molecule has 0 radical (unpaired) electrons. The van der Waals surface area contributed by atoms with Gasteiger partial charge in [-0.25, -0.2) is 26.4 Å². The van der Waals surface area contributed by atoms with E-state index in [1.165, 1.54) is 37.7 Å². The maximum Gasteiger partial charge on any atom is 0.343 e. The zero-order valence-electron chi connectivity index (χ0n) is 41.3. The van der Waals surface area contributed by atoms with Crippen LogP contribution in [0.5, 0.6) is 23.0 Å². The topological polar surface area (TPSA) is 175 Å². The number of carbonyl (C=O) groups is 2. The molecule has 18 heteroatoms. The van der Waals surface area contributed by atoms with Crippen molar-refractivity contribution in [1.82, 2.24) is 0 Å². The average molecular weight is 1030 g/mol. The van der Waals surface area contributed by atoms with Gasteiger partial charge in [-0.1, -0.05) is 53.4 Å². The summed E-state index contributed by atoms with van der Waals surface area (Å²) in [6.45, 7) is 8.88. The van der Waals surface area contributed by atoms with Crippen LogP contribution in [0.4, 0.5) is 22.7 Å². The average Bonchev–Trinajstić information content (AvgIpc) is 3.52. The lowest BCUT2D eigenvalue weighted by Crippen LogP contribution is -2.37. The summed E-state index contributed by atoms with van der Waals surface area (Å²) in [5, 5.41) is 9.82. The van der Waals surface area contributed by atoms with E-state index < -0.39 is 42.4 Å². The molecule has 2 aliphatic heterocycles. The quantitative estimate of drug-likeness (QED) is 0.0693. The minimum atomic E-state index is -3.67. The van der Waals surface area contributed by atoms with Crippen LogP contribution in [0.25, 0.3) is 0 Å². The molecule has 2 unspecified atom stereocenters. The second kappa shape index (κ2) is 24.4. The number of sulfone groups is 2. The van der Waals surface area contributed by atoms with Crippen molar-refractivity contribution in [3.63, 3.8) is 0 Å². The number of aromatic hydroxyl groups is 1. The van der Waals surface area contributed by atoms with Crippen LogP contribution in [0.1, 0.15) is 79.1 Å². The molecule has 0 saturated heterocycles. The van der Waals surface area contributed by atoms with E-state index in [1.807, 2.05) is 60.7 Å². The fourth-order valence-corrected chi connectivity index (χ4v) is 14.3. The molecule has 2 heterocycles. The summed E-state index contributed by atoms with van der Waals surface area (Å²) >= 11 is 2.85. The summed E-state index contributed by atoms with van der Waals surface area (Å²) < 4.78 is 81.3. The zero-order chi connectivity index (χ0) is 50.6. The van der Waals surface area contributed by atoms with Gasteiger partial charge < -0.3 is 38.6 Å². The Balaban J connectivity index is 0.000000258. The third kappa shape index (κ3) is 13.4. The lowest BCUT2D eigenvalue weighted by Gasteiger charge is -2.36. The third-order valence-corrected chi connectivity index (χ3v) is 18.5. The van der Waals surface area contributed by atoms with Gasteiger partial charge in [-0.3, -0.25) is 0 Å². The number of methoxy groups -OCH3 is 3. The molecule has 4 aromatic carbocycles. The number of ether oxygens (including phenoxy) is 5. The highest BCUT2D eigenvalue weighted by Crippen LogP contribution is 2.49. The summed E-state index contributed by atoms with van der Waals surface area (Å²) in [5.41, 5.74) is 2.07. The van der Waals surface area contributed by atoms with Gasteiger partial charge in [0.15, 0.2) is 32.9 Å². The maximum absolute atomic E-state index is 13.9. The second-order valence-electron chi connectivity index (χ2n) is 17.5. The summed E-state index contributed by atoms with van der Waals surface area (Å²) in [4.78, 5) is 29.4. The van der Waals surface area contributed by atoms with Gasteiger partial charge in [-0.2, -0.15) is 0 Å². The monoisotopic (exact) mass is 1030 g/mol. The smallest absolute Gasteiger partial charge is 0.343 e. The lowest BCUT2D eigenvalue weighted by atomic mass is 9.81. The number of hydrogen-bond acceptors (Lipinski definition) is 16. The first kappa shape index (κ1) is 55.2. The van der Waals surface area contributed by atoms with Crippen LogP contribution in [-0.4, -0.2) is 106 Å². The number of nitrogens with zero attached hydrogens (tertiary/aromatic N) is 2. The Morgan fingerprint density at radius 2 is 1.01 bits per heavy atom. The fraction of sp³-hybridized carbons (Fsp3) is 0.490. The van der Waals surface area contributed by atoms with Crippen molar-refractivity contribution >= 4 is 77.9 Å². The first-order valence-electron chi connectivity index (χ1n) is 23.2. The number of phenolic OH excluding ortho intramolecular Hbond substituents is 1. The van der Waals surface area contributed by atoms with Gasteiger partial charge in [0, 0.05) is 47.4 Å². The van der Waals surface area contributed by atoms with E-state index >= 15 is 0 Å². The van der Waals surface area contributed by atoms with Crippen molar-refractivity contribution in [2.45, 2.75) is 98.6 Å². The van der Waals surface area contributed by atoms with Gasteiger partial charge in [0.25, 0.3) is 0 Å². The minimum Gasteiger partial charge on any atom is -0.508 e. The van der Waals surface area contributed by atoms with E-state index in [2.05, 4.69) is 35.1 Å². The molecule has 0 fully saturated rings. The molecule has 1 N–H and O–H groups in total. The van der Waals surface area contributed by atoms with E-state index in [1.54, 1.807) is 43.5 Å². The lowest BCUT2D eigenvalue weighted by molar-refractivity contribution is -0.143. The molecule has 0 spiro atoms. The van der Waals surface area contributed by atoms with Crippen molar-refractivity contribution in [2.75, 3.05) is 81.4 Å². The van der Waals surface area contributed by atoms with Gasteiger partial charge >= 0.3 is 11.9 Å². The van der Waals surface area contributed by atoms with Crippen LogP contribution in [0.15, 0.2) is 92.4 Å². The summed E-state index contributed by atoms with van der Waals surface area (Å²) in [6.07, 6.45) is 10.7. The van der Waals surface area contributed by atoms with Gasteiger partial charge in [-0.15, -0.1) is 23.5 Å². The summed E-state index contributed by atoms with van der Waals surface area (Å²) in [5.74, 6) is 0.606. The van der Waals surface area contributed by atoms with Gasteiger partial charge in [0.05, 0.1) is 63.8 Å². The third-order valence-electron chi connectivity index (χ3n) is 13.0. The molecule has 14 nitrogen and oxygen atoms in total. The van der Waals surface area contributed by atoms with E-state index in [0.29, 0.717) is 36.0 Å². The number of phenols is 1. The molecule has 2 atom stereocenters. The molecular formula is C51H68N2O12S4. The molecule has 0 saturated carbocycles. The molecule has 0 amide bonds.